The highest BCUT2D eigenvalue weighted by Gasteiger charge is 2.00. The average molecular weight is 302 g/mol. The minimum atomic E-state index is -0.552. The Morgan fingerprint density at radius 2 is 1.33 bits per heavy atom. The predicted octanol–water partition coefficient (Wildman–Crippen LogP) is -1.53. The summed E-state index contributed by atoms with van der Waals surface area (Å²) < 4.78 is 0. The number of urea groups is 1. The molecule has 0 rings (SSSR count). The van der Waals surface area contributed by atoms with Crippen molar-refractivity contribution in [1.29, 1.82) is 0 Å². The van der Waals surface area contributed by atoms with Gasteiger partial charge in [0.25, 0.3) is 0 Å². The smallest absolute Gasteiger partial charge is 0.315 e. The summed E-state index contributed by atoms with van der Waals surface area (Å²) >= 11 is 0. The van der Waals surface area contributed by atoms with Crippen LogP contribution in [0.3, 0.4) is 0 Å². The molecule has 0 saturated heterocycles. The summed E-state index contributed by atoms with van der Waals surface area (Å²) in [6.07, 6.45) is 4.14. The van der Waals surface area contributed by atoms with Gasteiger partial charge >= 0.3 is 6.03 Å². The quantitative estimate of drug-likeness (QED) is 0.216. The normalized spacial score (nSPS) is 10.3. The zero-order valence-electron chi connectivity index (χ0n) is 12.7. The minimum absolute atomic E-state index is 0.136. The van der Waals surface area contributed by atoms with Crippen LogP contribution in [0.25, 0.3) is 0 Å². The topological polar surface area (TPSA) is 134 Å². The molecule has 21 heavy (non-hydrogen) atoms. The Balaban J connectivity index is 3.12. The maximum atomic E-state index is 11.2. The fraction of sp³-hybridized carbons (Fsp3) is 0.846. The highest BCUT2D eigenvalue weighted by molar-refractivity contribution is 5.82. The van der Waals surface area contributed by atoms with E-state index in [4.69, 9.17) is 11.5 Å². The second-order valence-corrected chi connectivity index (χ2v) is 4.78. The van der Waals surface area contributed by atoms with Gasteiger partial charge in [0.15, 0.2) is 0 Å². The maximum Gasteiger partial charge on any atom is 0.315 e. The Hall–Kier alpha value is -1.38. The van der Waals surface area contributed by atoms with Crippen LogP contribution >= 0.6 is 0 Å². The zero-order chi connectivity index (χ0) is 15.8. The molecule has 8 heteroatoms. The fourth-order valence-corrected chi connectivity index (χ4v) is 1.62. The van der Waals surface area contributed by atoms with Crippen molar-refractivity contribution in [3.05, 3.63) is 0 Å². The summed E-state index contributed by atoms with van der Waals surface area (Å²) in [4.78, 5) is 21.6. The standard InChI is InChI=1S/C13H30N6O2/c14-5-3-8-16-6-1-2-7-17-9-4-10-18-13(21)19-11-12(15)20/h16-17H,1-11,14H2,(H2,15,20)(H2,18,19,21). The molecule has 0 fully saturated rings. The summed E-state index contributed by atoms with van der Waals surface area (Å²) in [6.45, 7) is 5.03. The van der Waals surface area contributed by atoms with E-state index in [2.05, 4.69) is 21.3 Å². The first-order valence-corrected chi connectivity index (χ1v) is 7.58. The van der Waals surface area contributed by atoms with E-state index in [1.165, 1.54) is 0 Å². The molecule has 0 spiro atoms. The molecule has 0 bridgehead atoms. The van der Waals surface area contributed by atoms with Gasteiger partial charge in [-0.2, -0.15) is 0 Å². The number of hydrogen-bond acceptors (Lipinski definition) is 5. The number of amides is 3. The molecule has 0 heterocycles. The van der Waals surface area contributed by atoms with Crippen LogP contribution in [-0.2, 0) is 4.79 Å². The van der Waals surface area contributed by atoms with Crippen molar-refractivity contribution in [3.8, 4) is 0 Å². The Morgan fingerprint density at radius 1 is 0.762 bits per heavy atom. The maximum absolute atomic E-state index is 11.2. The summed E-state index contributed by atoms with van der Waals surface area (Å²) in [5, 5.41) is 11.7. The Kier molecular flexibility index (Phi) is 14.0. The Labute approximate surface area is 126 Å². The third-order valence-electron chi connectivity index (χ3n) is 2.75. The van der Waals surface area contributed by atoms with E-state index in [9.17, 15) is 9.59 Å². The number of rotatable bonds is 14. The van der Waals surface area contributed by atoms with E-state index in [0.29, 0.717) is 6.54 Å². The van der Waals surface area contributed by atoms with Gasteiger partial charge in [0.1, 0.15) is 0 Å². The lowest BCUT2D eigenvalue weighted by Gasteiger charge is -2.07. The lowest BCUT2D eigenvalue weighted by atomic mass is 10.3. The molecular weight excluding hydrogens is 272 g/mol. The second-order valence-electron chi connectivity index (χ2n) is 4.78. The molecular formula is C13H30N6O2. The molecule has 0 saturated carbocycles. The average Bonchev–Trinajstić information content (AvgIpc) is 2.46. The first-order valence-electron chi connectivity index (χ1n) is 7.58. The number of carbonyl (C=O) groups excluding carboxylic acids is 2. The second kappa shape index (κ2) is 15.0. The molecule has 0 aromatic heterocycles. The third-order valence-corrected chi connectivity index (χ3v) is 2.75. The summed E-state index contributed by atoms with van der Waals surface area (Å²) in [5.41, 5.74) is 10.3. The monoisotopic (exact) mass is 302 g/mol. The molecule has 8 N–H and O–H groups in total. The van der Waals surface area contributed by atoms with Gasteiger partial charge in [-0.3, -0.25) is 4.79 Å². The highest BCUT2D eigenvalue weighted by atomic mass is 16.2. The predicted molar refractivity (Wildman–Crippen MR) is 83.9 cm³/mol. The van der Waals surface area contributed by atoms with Gasteiger partial charge in [0.05, 0.1) is 6.54 Å². The van der Waals surface area contributed by atoms with Crippen molar-refractivity contribution in [2.75, 3.05) is 45.8 Å². The van der Waals surface area contributed by atoms with Crippen molar-refractivity contribution in [2.45, 2.75) is 25.7 Å². The van der Waals surface area contributed by atoms with Crippen LogP contribution < -0.4 is 32.7 Å². The molecule has 0 aromatic carbocycles. The Bertz CT molecular complexity index is 275. The van der Waals surface area contributed by atoms with Gasteiger partial charge in [-0.1, -0.05) is 0 Å². The van der Waals surface area contributed by atoms with Crippen LogP contribution in [0.2, 0.25) is 0 Å². The van der Waals surface area contributed by atoms with Crippen LogP contribution in [0.15, 0.2) is 0 Å². The summed E-state index contributed by atoms with van der Waals surface area (Å²) in [6, 6.07) is -0.364. The number of hydrogen-bond donors (Lipinski definition) is 6. The highest BCUT2D eigenvalue weighted by Crippen LogP contribution is 1.85. The lowest BCUT2D eigenvalue weighted by molar-refractivity contribution is -0.117. The van der Waals surface area contributed by atoms with E-state index in [-0.39, 0.29) is 12.6 Å². The van der Waals surface area contributed by atoms with E-state index < -0.39 is 5.91 Å². The number of nitrogens with one attached hydrogen (secondary N) is 4. The lowest BCUT2D eigenvalue weighted by Crippen LogP contribution is -2.41. The molecule has 0 aliphatic rings. The molecule has 0 atom stereocenters. The largest absolute Gasteiger partial charge is 0.368 e. The molecule has 8 nitrogen and oxygen atoms in total. The fourth-order valence-electron chi connectivity index (χ4n) is 1.62. The van der Waals surface area contributed by atoms with Gasteiger partial charge in [0.2, 0.25) is 5.91 Å². The van der Waals surface area contributed by atoms with Gasteiger partial charge in [0, 0.05) is 6.54 Å². The van der Waals surface area contributed by atoms with Crippen molar-refractivity contribution >= 4 is 11.9 Å². The summed E-state index contributed by atoms with van der Waals surface area (Å²) in [7, 11) is 0. The number of unbranched alkanes of at least 4 members (excludes halogenated alkanes) is 1. The van der Waals surface area contributed by atoms with Gasteiger partial charge < -0.3 is 32.7 Å². The SMILES string of the molecule is NCCCNCCCCNCCCNC(=O)NCC(N)=O. The molecule has 124 valence electrons. The number of carbonyl (C=O) groups is 2. The van der Waals surface area contributed by atoms with E-state index in [0.717, 1.165) is 58.4 Å². The molecule has 3 amide bonds. The molecule has 0 aliphatic heterocycles. The first-order chi connectivity index (χ1) is 10.2. The van der Waals surface area contributed by atoms with Crippen molar-refractivity contribution < 1.29 is 9.59 Å². The molecule has 0 aliphatic carbocycles. The number of primary amides is 1. The zero-order valence-corrected chi connectivity index (χ0v) is 12.7. The molecule has 0 unspecified atom stereocenters. The summed E-state index contributed by atoms with van der Waals surface area (Å²) in [5.74, 6) is -0.552. The van der Waals surface area contributed by atoms with Gasteiger partial charge in [-0.05, 0) is 58.4 Å². The molecule has 0 aromatic rings. The van der Waals surface area contributed by atoms with Crippen molar-refractivity contribution in [1.82, 2.24) is 21.3 Å². The van der Waals surface area contributed by atoms with Crippen molar-refractivity contribution in [2.24, 2.45) is 11.5 Å². The van der Waals surface area contributed by atoms with Gasteiger partial charge in [-0.15, -0.1) is 0 Å². The first kappa shape index (κ1) is 19.6. The molecule has 0 radical (unpaired) electrons. The van der Waals surface area contributed by atoms with Crippen LogP contribution in [0, 0.1) is 0 Å². The van der Waals surface area contributed by atoms with Gasteiger partial charge in [-0.25, -0.2) is 4.79 Å². The van der Waals surface area contributed by atoms with Crippen molar-refractivity contribution in [3.63, 3.8) is 0 Å². The van der Waals surface area contributed by atoms with Crippen LogP contribution in [-0.4, -0.2) is 57.8 Å². The van der Waals surface area contributed by atoms with E-state index in [1.54, 1.807) is 0 Å². The number of nitrogens with two attached hydrogens (primary N) is 2. The van der Waals surface area contributed by atoms with Crippen LogP contribution in [0.4, 0.5) is 4.79 Å². The Morgan fingerprint density at radius 3 is 1.90 bits per heavy atom. The van der Waals surface area contributed by atoms with E-state index in [1.807, 2.05) is 0 Å². The van der Waals surface area contributed by atoms with Crippen LogP contribution in [0.5, 0.6) is 0 Å². The minimum Gasteiger partial charge on any atom is -0.368 e. The third kappa shape index (κ3) is 16.6. The van der Waals surface area contributed by atoms with E-state index >= 15 is 0 Å². The van der Waals surface area contributed by atoms with Crippen LogP contribution in [0.1, 0.15) is 25.7 Å².